The lowest BCUT2D eigenvalue weighted by Gasteiger charge is -2.34. The van der Waals surface area contributed by atoms with Gasteiger partial charge in [0.2, 0.25) is 0 Å². The minimum Gasteiger partial charge on any atom is -0.507 e. The molecule has 2 N–H and O–H groups in total. The van der Waals surface area contributed by atoms with Crippen LogP contribution in [0.4, 0.5) is 5.69 Å². The predicted octanol–water partition coefficient (Wildman–Crippen LogP) is 2.83. The standard InChI is InChI=1S/C23H23N3O3/c27-21-11-5-8-18-19(21)9-4-10-20(18)24-22(28)23(29)26-14-12-25(13-15-26)16-17-6-2-1-3-7-17/h1-11,27H,12-16H2,(H,24,28). The van der Waals surface area contributed by atoms with Gasteiger partial charge in [-0.15, -0.1) is 0 Å². The van der Waals surface area contributed by atoms with Crippen molar-refractivity contribution < 1.29 is 14.7 Å². The van der Waals surface area contributed by atoms with Gasteiger partial charge in [0.15, 0.2) is 0 Å². The van der Waals surface area contributed by atoms with Gasteiger partial charge in [-0.1, -0.05) is 54.6 Å². The van der Waals surface area contributed by atoms with E-state index in [0.29, 0.717) is 29.5 Å². The Morgan fingerprint density at radius 3 is 2.28 bits per heavy atom. The molecule has 1 aliphatic heterocycles. The van der Waals surface area contributed by atoms with Crippen LogP contribution in [-0.4, -0.2) is 52.9 Å². The van der Waals surface area contributed by atoms with Crippen molar-refractivity contribution in [1.82, 2.24) is 9.80 Å². The third-order valence-electron chi connectivity index (χ3n) is 5.25. The summed E-state index contributed by atoms with van der Waals surface area (Å²) in [6, 6.07) is 20.6. The second-order valence-electron chi connectivity index (χ2n) is 7.19. The number of aromatic hydroxyl groups is 1. The highest BCUT2D eigenvalue weighted by molar-refractivity contribution is 6.40. The van der Waals surface area contributed by atoms with Crippen molar-refractivity contribution in [3.63, 3.8) is 0 Å². The first-order valence-electron chi connectivity index (χ1n) is 9.69. The van der Waals surface area contributed by atoms with E-state index in [1.54, 1.807) is 41.3 Å². The van der Waals surface area contributed by atoms with Crippen LogP contribution in [0.25, 0.3) is 10.8 Å². The minimum absolute atomic E-state index is 0.138. The number of anilines is 1. The van der Waals surface area contributed by atoms with Crippen molar-refractivity contribution >= 4 is 28.3 Å². The third-order valence-corrected chi connectivity index (χ3v) is 5.25. The maximum atomic E-state index is 12.6. The summed E-state index contributed by atoms with van der Waals surface area (Å²) < 4.78 is 0. The van der Waals surface area contributed by atoms with Gasteiger partial charge in [-0.05, 0) is 17.7 Å². The molecule has 0 saturated carbocycles. The number of fused-ring (bicyclic) bond motifs is 1. The fourth-order valence-electron chi connectivity index (χ4n) is 3.67. The zero-order chi connectivity index (χ0) is 20.2. The summed E-state index contributed by atoms with van der Waals surface area (Å²) in [7, 11) is 0. The topological polar surface area (TPSA) is 72.9 Å². The molecule has 29 heavy (non-hydrogen) atoms. The fraction of sp³-hybridized carbons (Fsp3) is 0.217. The smallest absolute Gasteiger partial charge is 0.313 e. The molecule has 0 spiro atoms. The molecule has 0 atom stereocenters. The van der Waals surface area contributed by atoms with E-state index in [-0.39, 0.29) is 5.75 Å². The van der Waals surface area contributed by atoms with E-state index >= 15 is 0 Å². The zero-order valence-corrected chi connectivity index (χ0v) is 16.0. The average Bonchev–Trinajstić information content (AvgIpc) is 2.75. The number of carbonyl (C=O) groups is 2. The van der Waals surface area contributed by atoms with E-state index in [1.165, 1.54) is 5.56 Å². The molecule has 0 unspecified atom stereocenters. The molecule has 1 fully saturated rings. The molecule has 0 aliphatic carbocycles. The summed E-state index contributed by atoms with van der Waals surface area (Å²) in [6.07, 6.45) is 0. The molecule has 3 aromatic rings. The monoisotopic (exact) mass is 389 g/mol. The summed E-state index contributed by atoms with van der Waals surface area (Å²) in [5, 5.41) is 14.0. The van der Waals surface area contributed by atoms with Crippen molar-refractivity contribution in [1.29, 1.82) is 0 Å². The molecule has 2 amide bonds. The summed E-state index contributed by atoms with van der Waals surface area (Å²) in [6.45, 7) is 3.35. The summed E-state index contributed by atoms with van der Waals surface area (Å²) >= 11 is 0. The maximum absolute atomic E-state index is 12.6. The van der Waals surface area contributed by atoms with Crippen molar-refractivity contribution in [3.05, 3.63) is 72.3 Å². The Bertz CT molecular complexity index is 1030. The van der Waals surface area contributed by atoms with Gasteiger partial charge in [0, 0.05) is 49.2 Å². The molecule has 1 heterocycles. The van der Waals surface area contributed by atoms with Gasteiger partial charge in [-0.3, -0.25) is 14.5 Å². The van der Waals surface area contributed by atoms with Gasteiger partial charge in [-0.25, -0.2) is 0 Å². The molecule has 0 radical (unpaired) electrons. The number of piperazine rings is 1. The number of amides is 2. The highest BCUT2D eigenvalue weighted by Crippen LogP contribution is 2.29. The van der Waals surface area contributed by atoms with E-state index in [0.717, 1.165) is 19.6 Å². The van der Waals surface area contributed by atoms with Crippen LogP contribution in [0.15, 0.2) is 66.7 Å². The Hall–Kier alpha value is -3.38. The first-order valence-corrected chi connectivity index (χ1v) is 9.69. The van der Waals surface area contributed by atoms with Gasteiger partial charge in [-0.2, -0.15) is 0 Å². The van der Waals surface area contributed by atoms with Crippen molar-refractivity contribution in [3.8, 4) is 5.75 Å². The van der Waals surface area contributed by atoms with Gasteiger partial charge in [0.05, 0.1) is 0 Å². The van der Waals surface area contributed by atoms with Crippen LogP contribution >= 0.6 is 0 Å². The largest absolute Gasteiger partial charge is 0.507 e. The number of hydrogen-bond acceptors (Lipinski definition) is 4. The lowest BCUT2D eigenvalue weighted by molar-refractivity contribution is -0.144. The second-order valence-corrected chi connectivity index (χ2v) is 7.19. The van der Waals surface area contributed by atoms with Crippen LogP contribution in [0, 0.1) is 0 Å². The fourth-order valence-corrected chi connectivity index (χ4v) is 3.67. The quantitative estimate of drug-likeness (QED) is 0.676. The van der Waals surface area contributed by atoms with Crippen LogP contribution < -0.4 is 5.32 Å². The molecule has 1 aliphatic rings. The molecule has 4 rings (SSSR count). The van der Waals surface area contributed by atoms with Gasteiger partial charge in [0.1, 0.15) is 5.75 Å². The molecule has 1 saturated heterocycles. The van der Waals surface area contributed by atoms with Gasteiger partial charge >= 0.3 is 11.8 Å². The second kappa shape index (κ2) is 8.32. The number of carbonyl (C=O) groups excluding carboxylic acids is 2. The molecule has 0 aromatic heterocycles. The lowest BCUT2D eigenvalue weighted by Crippen LogP contribution is -2.51. The number of rotatable bonds is 3. The molecule has 3 aromatic carbocycles. The SMILES string of the molecule is O=C(Nc1cccc2c(O)cccc12)C(=O)N1CCN(Cc2ccccc2)CC1. The van der Waals surface area contributed by atoms with Crippen molar-refractivity contribution in [2.45, 2.75) is 6.54 Å². The highest BCUT2D eigenvalue weighted by Gasteiger charge is 2.26. The Labute approximate surface area is 169 Å². The summed E-state index contributed by atoms with van der Waals surface area (Å²) in [5.74, 6) is -1.04. The van der Waals surface area contributed by atoms with Crippen LogP contribution in [0.1, 0.15) is 5.56 Å². The zero-order valence-electron chi connectivity index (χ0n) is 16.0. The van der Waals surface area contributed by atoms with Gasteiger partial charge < -0.3 is 15.3 Å². The predicted molar refractivity (Wildman–Crippen MR) is 113 cm³/mol. The first kappa shape index (κ1) is 19.0. The van der Waals surface area contributed by atoms with E-state index < -0.39 is 11.8 Å². The molecule has 148 valence electrons. The van der Waals surface area contributed by atoms with E-state index in [2.05, 4.69) is 22.3 Å². The molecule has 6 nitrogen and oxygen atoms in total. The summed E-state index contributed by atoms with van der Waals surface area (Å²) in [5.41, 5.74) is 1.75. The Morgan fingerprint density at radius 1 is 0.828 bits per heavy atom. The number of hydrogen-bond donors (Lipinski definition) is 2. The van der Waals surface area contributed by atoms with E-state index in [4.69, 9.17) is 0 Å². The van der Waals surface area contributed by atoms with Crippen molar-refractivity contribution in [2.75, 3.05) is 31.5 Å². The Morgan fingerprint density at radius 2 is 1.52 bits per heavy atom. The number of nitrogens with one attached hydrogen (secondary N) is 1. The van der Waals surface area contributed by atoms with E-state index in [1.807, 2.05) is 18.2 Å². The molecule has 0 bridgehead atoms. The first-order chi connectivity index (χ1) is 14.1. The third kappa shape index (κ3) is 4.22. The minimum atomic E-state index is -0.655. The number of phenols is 1. The number of phenolic OH excluding ortho intramolecular Hbond substituents is 1. The lowest BCUT2D eigenvalue weighted by atomic mass is 10.1. The summed E-state index contributed by atoms with van der Waals surface area (Å²) in [4.78, 5) is 29.0. The Balaban J connectivity index is 1.37. The average molecular weight is 389 g/mol. The number of benzene rings is 3. The van der Waals surface area contributed by atoms with Crippen LogP contribution in [0.3, 0.4) is 0 Å². The normalized spacial score (nSPS) is 14.7. The van der Waals surface area contributed by atoms with Crippen LogP contribution in [0.2, 0.25) is 0 Å². The number of nitrogens with zero attached hydrogens (tertiary/aromatic N) is 2. The van der Waals surface area contributed by atoms with Crippen molar-refractivity contribution in [2.24, 2.45) is 0 Å². The van der Waals surface area contributed by atoms with Crippen LogP contribution in [-0.2, 0) is 16.1 Å². The molecular weight excluding hydrogens is 366 g/mol. The Kier molecular flexibility index (Phi) is 5.44. The molecular formula is C23H23N3O3. The molecule has 6 heteroatoms. The van der Waals surface area contributed by atoms with E-state index in [9.17, 15) is 14.7 Å². The van der Waals surface area contributed by atoms with Gasteiger partial charge in [0.25, 0.3) is 0 Å². The van der Waals surface area contributed by atoms with Crippen LogP contribution in [0.5, 0.6) is 5.75 Å². The maximum Gasteiger partial charge on any atom is 0.313 e. The highest BCUT2D eigenvalue weighted by atomic mass is 16.3.